The number of carbonyl (C=O) groups excluding carboxylic acids is 2. The molecule has 1 amide bonds. The van der Waals surface area contributed by atoms with Crippen LogP contribution < -0.4 is 5.32 Å². The Morgan fingerprint density at radius 1 is 1.03 bits per heavy atom. The van der Waals surface area contributed by atoms with Gasteiger partial charge >= 0.3 is 12.1 Å². The summed E-state index contributed by atoms with van der Waals surface area (Å²) < 4.78 is 10.8. The number of esters is 1. The molecule has 1 heterocycles. The Labute approximate surface area is 176 Å². The van der Waals surface area contributed by atoms with Gasteiger partial charge in [0.1, 0.15) is 0 Å². The zero-order valence-electron chi connectivity index (χ0n) is 17.4. The van der Waals surface area contributed by atoms with Gasteiger partial charge in [-0.05, 0) is 74.6 Å². The quantitative estimate of drug-likeness (QED) is 0.734. The van der Waals surface area contributed by atoms with Crippen LogP contribution in [0.3, 0.4) is 0 Å². The van der Waals surface area contributed by atoms with Crippen LogP contribution in [0.2, 0.25) is 0 Å². The highest BCUT2D eigenvalue weighted by Gasteiger charge is 2.29. The molecule has 7 heteroatoms. The molecule has 1 N–H and O–H groups in total. The minimum atomic E-state index is -1.09. The summed E-state index contributed by atoms with van der Waals surface area (Å²) in [4.78, 5) is 33.6. The number of hydrogen-bond acceptors (Lipinski definition) is 6. The average Bonchev–Trinajstić information content (AvgIpc) is 3.37. The lowest BCUT2D eigenvalue weighted by atomic mass is 9.99. The summed E-state index contributed by atoms with van der Waals surface area (Å²) in [5.41, 5.74) is 6.50. The Morgan fingerprint density at radius 3 is 2.33 bits per heavy atom. The molecule has 7 nitrogen and oxygen atoms in total. The van der Waals surface area contributed by atoms with Crippen LogP contribution in [0.4, 0.5) is 10.5 Å². The molecular weight excluding hydrogens is 382 g/mol. The number of aromatic nitrogens is 2. The van der Waals surface area contributed by atoms with Gasteiger partial charge in [0.25, 0.3) is 0 Å². The van der Waals surface area contributed by atoms with E-state index >= 15 is 0 Å². The first kappa shape index (κ1) is 20.3. The number of nitrogens with zero attached hydrogens (tertiary/aromatic N) is 2. The fraction of sp³-hybridized carbons (Fsp3) is 0.478. The van der Waals surface area contributed by atoms with Crippen LogP contribution in [0, 0.1) is 0 Å². The molecule has 2 aliphatic carbocycles. The molecular formula is C23H27N3O4. The Kier molecular flexibility index (Phi) is 5.97. The molecule has 0 spiro atoms. The second-order valence-electron chi connectivity index (χ2n) is 8.14. The molecule has 0 bridgehead atoms. The number of anilines is 1. The van der Waals surface area contributed by atoms with E-state index in [4.69, 9.17) is 9.47 Å². The minimum absolute atomic E-state index is 0.109. The van der Waals surface area contributed by atoms with Gasteiger partial charge in [-0.1, -0.05) is 6.07 Å². The molecule has 0 fully saturated rings. The highest BCUT2D eigenvalue weighted by Crippen LogP contribution is 2.38. The fourth-order valence-electron chi connectivity index (χ4n) is 4.33. The Morgan fingerprint density at radius 2 is 1.73 bits per heavy atom. The Bertz CT molecular complexity index is 911. The predicted molar refractivity (Wildman–Crippen MR) is 111 cm³/mol. The maximum absolute atomic E-state index is 12.8. The fourth-order valence-corrected chi connectivity index (χ4v) is 4.33. The van der Waals surface area contributed by atoms with Crippen molar-refractivity contribution in [2.24, 2.45) is 0 Å². The van der Waals surface area contributed by atoms with Crippen LogP contribution in [0.5, 0.6) is 0 Å². The number of ether oxygens (including phenoxy) is 2. The summed E-state index contributed by atoms with van der Waals surface area (Å²) in [5, 5.41) is 2.96. The molecule has 1 unspecified atom stereocenters. The van der Waals surface area contributed by atoms with Crippen molar-refractivity contribution >= 4 is 17.7 Å². The third-order valence-corrected chi connectivity index (χ3v) is 5.58. The van der Waals surface area contributed by atoms with E-state index in [1.165, 1.54) is 28.5 Å². The van der Waals surface area contributed by atoms with E-state index in [0.717, 1.165) is 44.2 Å². The second kappa shape index (κ2) is 8.81. The maximum atomic E-state index is 12.8. The van der Waals surface area contributed by atoms with Gasteiger partial charge in [0.05, 0.1) is 17.5 Å². The standard InChI is InChI=1S/C23H27N3O4/c1-14(2)29-22(27)20(12-17-13-24-9-10-25-17)30-23(28)26-21-18-7-3-5-15(18)11-16-6-4-8-19(16)21/h9-11,13-14,20H,3-8,12H2,1-2H3,(H,26,28). The molecule has 1 atom stereocenters. The summed E-state index contributed by atoms with van der Waals surface area (Å²) in [6, 6.07) is 2.30. The topological polar surface area (TPSA) is 90.4 Å². The molecule has 1 aromatic carbocycles. The van der Waals surface area contributed by atoms with Gasteiger partial charge in [0, 0.05) is 25.0 Å². The van der Waals surface area contributed by atoms with E-state index in [0.29, 0.717) is 5.69 Å². The number of hydrogen-bond donors (Lipinski definition) is 1. The van der Waals surface area contributed by atoms with Crippen LogP contribution in [-0.2, 0) is 46.4 Å². The van der Waals surface area contributed by atoms with E-state index in [1.807, 2.05) is 0 Å². The normalized spacial score (nSPS) is 15.4. The number of rotatable bonds is 6. The Balaban J connectivity index is 1.53. The lowest BCUT2D eigenvalue weighted by Crippen LogP contribution is -2.34. The van der Waals surface area contributed by atoms with E-state index in [9.17, 15) is 9.59 Å². The lowest BCUT2D eigenvalue weighted by Gasteiger charge is -2.20. The number of fused-ring (bicyclic) bond motifs is 2. The average molecular weight is 409 g/mol. The first-order valence-electron chi connectivity index (χ1n) is 10.6. The predicted octanol–water partition coefficient (Wildman–Crippen LogP) is 3.57. The van der Waals surface area contributed by atoms with Crippen molar-refractivity contribution in [3.63, 3.8) is 0 Å². The van der Waals surface area contributed by atoms with Gasteiger partial charge in [-0.15, -0.1) is 0 Å². The van der Waals surface area contributed by atoms with Crippen LogP contribution >= 0.6 is 0 Å². The largest absolute Gasteiger partial charge is 0.460 e. The summed E-state index contributed by atoms with van der Waals surface area (Å²) in [6.07, 6.45) is 8.90. The molecule has 0 saturated heterocycles. The van der Waals surface area contributed by atoms with E-state index < -0.39 is 18.2 Å². The van der Waals surface area contributed by atoms with Gasteiger partial charge in [0.15, 0.2) is 0 Å². The molecule has 0 saturated carbocycles. The number of amides is 1. The SMILES string of the molecule is CC(C)OC(=O)C(Cc1cnccn1)OC(=O)Nc1c2c(cc3c1CCC3)CCC2. The van der Waals surface area contributed by atoms with E-state index in [1.54, 1.807) is 26.2 Å². The van der Waals surface area contributed by atoms with Gasteiger partial charge in [0.2, 0.25) is 6.10 Å². The monoisotopic (exact) mass is 409 g/mol. The molecule has 2 aromatic rings. The summed E-state index contributed by atoms with van der Waals surface area (Å²) >= 11 is 0. The van der Waals surface area contributed by atoms with Crippen LogP contribution in [-0.4, -0.2) is 34.2 Å². The van der Waals surface area contributed by atoms with Crippen molar-refractivity contribution in [1.29, 1.82) is 0 Å². The van der Waals surface area contributed by atoms with E-state index in [-0.39, 0.29) is 12.5 Å². The van der Waals surface area contributed by atoms with Crippen molar-refractivity contribution in [2.75, 3.05) is 5.32 Å². The first-order chi connectivity index (χ1) is 14.5. The molecule has 158 valence electrons. The third kappa shape index (κ3) is 4.45. The van der Waals surface area contributed by atoms with E-state index in [2.05, 4.69) is 21.4 Å². The minimum Gasteiger partial charge on any atom is -0.460 e. The molecule has 1 aromatic heterocycles. The molecule has 0 aliphatic heterocycles. The second-order valence-corrected chi connectivity index (χ2v) is 8.14. The number of carbonyl (C=O) groups is 2. The van der Waals surface area contributed by atoms with Gasteiger partial charge in [-0.3, -0.25) is 15.3 Å². The summed E-state index contributed by atoms with van der Waals surface area (Å²) in [7, 11) is 0. The van der Waals surface area contributed by atoms with Crippen molar-refractivity contribution < 1.29 is 19.1 Å². The zero-order valence-corrected chi connectivity index (χ0v) is 17.4. The van der Waals surface area contributed by atoms with Crippen molar-refractivity contribution in [3.8, 4) is 0 Å². The van der Waals surface area contributed by atoms with Gasteiger partial charge in [-0.2, -0.15) is 0 Å². The van der Waals surface area contributed by atoms with Crippen molar-refractivity contribution in [1.82, 2.24) is 9.97 Å². The van der Waals surface area contributed by atoms with Gasteiger partial charge in [-0.25, -0.2) is 9.59 Å². The first-order valence-corrected chi connectivity index (χ1v) is 10.6. The molecule has 4 rings (SSSR count). The lowest BCUT2D eigenvalue weighted by molar-refractivity contribution is -0.157. The zero-order chi connectivity index (χ0) is 21.1. The van der Waals surface area contributed by atoms with Gasteiger partial charge < -0.3 is 9.47 Å². The third-order valence-electron chi connectivity index (χ3n) is 5.58. The summed E-state index contributed by atoms with van der Waals surface area (Å²) in [6.45, 7) is 3.52. The molecule has 2 aliphatic rings. The highest BCUT2D eigenvalue weighted by molar-refractivity contribution is 5.90. The maximum Gasteiger partial charge on any atom is 0.412 e. The number of benzene rings is 1. The van der Waals surface area contributed by atoms with Crippen LogP contribution in [0.25, 0.3) is 0 Å². The molecule has 30 heavy (non-hydrogen) atoms. The Hall–Kier alpha value is -2.96. The summed E-state index contributed by atoms with van der Waals surface area (Å²) in [5.74, 6) is -0.589. The van der Waals surface area contributed by atoms with Crippen molar-refractivity contribution in [3.05, 3.63) is 52.6 Å². The number of aryl methyl sites for hydroxylation is 2. The molecule has 0 radical (unpaired) electrons. The van der Waals surface area contributed by atoms with Crippen LogP contribution in [0.15, 0.2) is 24.7 Å². The highest BCUT2D eigenvalue weighted by atomic mass is 16.6. The number of nitrogens with one attached hydrogen (secondary N) is 1. The van der Waals surface area contributed by atoms with Crippen molar-refractivity contribution in [2.45, 2.75) is 71.0 Å². The smallest absolute Gasteiger partial charge is 0.412 e. The van der Waals surface area contributed by atoms with Crippen LogP contribution in [0.1, 0.15) is 54.6 Å².